The standard InChI is InChI=1S/C20H31N3O3/c1-13(2)26-20(25)17-14(3)18(21-15(17)4)19(24)23-11-9-22(10-12-23)16-7-5-6-8-16/h13,16,21H,5-12H2,1-4H3. The Labute approximate surface area is 155 Å². The molecule has 6 heteroatoms. The maximum Gasteiger partial charge on any atom is 0.340 e. The first-order chi connectivity index (χ1) is 12.4. The van der Waals surface area contributed by atoms with Crippen molar-refractivity contribution in [3.8, 4) is 0 Å². The number of H-pyrrole nitrogens is 1. The minimum Gasteiger partial charge on any atom is -0.459 e. The normalized spacial score (nSPS) is 19.3. The van der Waals surface area contributed by atoms with Gasteiger partial charge < -0.3 is 14.6 Å². The molecule has 3 rings (SSSR count). The van der Waals surface area contributed by atoms with Crippen molar-refractivity contribution in [2.45, 2.75) is 65.5 Å². The largest absolute Gasteiger partial charge is 0.459 e. The zero-order chi connectivity index (χ0) is 18.8. The average molecular weight is 361 g/mol. The number of carbonyl (C=O) groups is 2. The summed E-state index contributed by atoms with van der Waals surface area (Å²) in [6.07, 6.45) is 5.08. The molecule has 1 aromatic rings. The number of piperazine rings is 1. The van der Waals surface area contributed by atoms with Crippen molar-refractivity contribution in [1.82, 2.24) is 14.8 Å². The number of nitrogens with one attached hydrogen (secondary N) is 1. The molecule has 0 aromatic carbocycles. The Bertz CT molecular complexity index is 666. The fraction of sp³-hybridized carbons (Fsp3) is 0.700. The molecule has 144 valence electrons. The van der Waals surface area contributed by atoms with Crippen molar-refractivity contribution in [3.05, 3.63) is 22.5 Å². The summed E-state index contributed by atoms with van der Waals surface area (Å²) in [4.78, 5) is 32.9. The van der Waals surface area contributed by atoms with Gasteiger partial charge in [-0.15, -0.1) is 0 Å². The van der Waals surface area contributed by atoms with Crippen molar-refractivity contribution < 1.29 is 14.3 Å². The van der Waals surface area contributed by atoms with Gasteiger partial charge in [-0.2, -0.15) is 0 Å². The number of hydrogen-bond acceptors (Lipinski definition) is 4. The van der Waals surface area contributed by atoms with E-state index in [0.717, 1.165) is 26.2 Å². The molecule has 26 heavy (non-hydrogen) atoms. The van der Waals surface area contributed by atoms with Gasteiger partial charge in [-0.05, 0) is 46.1 Å². The van der Waals surface area contributed by atoms with Crippen LogP contribution < -0.4 is 0 Å². The van der Waals surface area contributed by atoms with Crippen LogP contribution in [-0.4, -0.2) is 65.0 Å². The number of esters is 1. The van der Waals surface area contributed by atoms with Crippen LogP contribution in [0.1, 0.15) is 71.6 Å². The van der Waals surface area contributed by atoms with Crippen LogP contribution in [-0.2, 0) is 4.74 Å². The van der Waals surface area contributed by atoms with Crippen molar-refractivity contribution in [2.24, 2.45) is 0 Å². The third-order valence-electron chi connectivity index (χ3n) is 5.64. The zero-order valence-electron chi connectivity index (χ0n) is 16.4. The maximum atomic E-state index is 13.0. The minimum absolute atomic E-state index is 0.0136. The van der Waals surface area contributed by atoms with E-state index in [9.17, 15) is 9.59 Å². The number of rotatable bonds is 4. The highest BCUT2D eigenvalue weighted by Gasteiger charge is 2.31. The molecule has 0 radical (unpaired) electrons. The van der Waals surface area contributed by atoms with E-state index in [1.807, 2.05) is 32.6 Å². The fourth-order valence-corrected chi connectivity index (χ4v) is 4.26. The number of ether oxygens (including phenoxy) is 1. The third kappa shape index (κ3) is 3.80. The average Bonchev–Trinajstić information content (AvgIpc) is 3.22. The smallest absolute Gasteiger partial charge is 0.340 e. The highest BCUT2D eigenvalue weighted by Crippen LogP contribution is 2.25. The predicted molar refractivity (Wildman–Crippen MR) is 101 cm³/mol. The van der Waals surface area contributed by atoms with Gasteiger partial charge in [0, 0.05) is 37.9 Å². The summed E-state index contributed by atoms with van der Waals surface area (Å²) in [7, 11) is 0. The van der Waals surface area contributed by atoms with Gasteiger partial charge in [0.25, 0.3) is 5.91 Å². The number of aromatic amines is 1. The van der Waals surface area contributed by atoms with Crippen molar-refractivity contribution in [3.63, 3.8) is 0 Å². The molecule has 0 unspecified atom stereocenters. The summed E-state index contributed by atoms with van der Waals surface area (Å²) in [5, 5.41) is 0. The van der Waals surface area contributed by atoms with Crippen LogP contribution in [0.4, 0.5) is 0 Å². The summed E-state index contributed by atoms with van der Waals surface area (Å²) >= 11 is 0. The molecule has 0 spiro atoms. The molecule has 1 amide bonds. The first-order valence-electron chi connectivity index (χ1n) is 9.82. The molecule has 1 aliphatic carbocycles. The second-order valence-corrected chi connectivity index (χ2v) is 7.85. The maximum absolute atomic E-state index is 13.0. The lowest BCUT2D eigenvalue weighted by molar-refractivity contribution is 0.0376. The Hall–Kier alpha value is -1.82. The van der Waals surface area contributed by atoms with Crippen molar-refractivity contribution in [1.29, 1.82) is 0 Å². The summed E-state index contributed by atoms with van der Waals surface area (Å²) in [5.74, 6) is -0.378. The highest BCUT2D eigenvalue weighted by molar-refractivity contribution is 6.00. The van der Waals surface area contributed by atoms with E-state index in [0.29, 0.717) is 28.6 Å². The molecule has 6 nitrogen and oxygen atoms in total. The Morgan fingerprint density at radius 3 is 2.27 bits per heavy atom. The van der Waals surface area contributed by atoms with Gasteiger partial charge in [0.2, 0.25) is 0 Å². The molecule has 0 atom stereocenters. The van der Waals surface area contributed by atoms with Crippen LogP contribution in [0, 0.1) is 13.8 Å². The third-order valence-corrected chi connectivity index (χ3v) is 5.64. The topological polar surface area (TPSA) is 65.6 Å². The van der Waals surface area contributed by atoms with Crippen LogP contribution >= 0.6 is 0 Å². The SMILES string of the molecule is Cc1[nH]c(C(=O)N2CCN(C3CCCC3)CC2)c(C)c1C(=O)OC(C)C. The van der Waals surface area contributed by atoms with E-state index in [2.05, 4.69) is 9.88 Å². The second kappa shape index (κ2) is 7.82. The van der Waals surface area contributed by atoms with E-state index in [-0.39, 0.29) is 18.0 Å². The first-order valence-corrected chi connectivity index (χ1v) is 9.82. The predicted octanol–water partition coefficient (Wildman–Crippen LogP) is 2.90. The van der Waals surface area contributed by atoms with Crippen molar-refractivity contribution in [2.75, 3.05) is 26.2 Å². The number of carbonyl (C=O) groups excluding carboxylic acids is 2. The van der Waals surface area contributed by atoms with Gasteiger partial charge >= 0.3 is 5.97 Å². The van der Waals surface area contributed by atoms with Crippen LogP contribution in [0.15, 0.2) is 0 Å². The van der Waals surface area contributed by atoms with Crippen molar-refractivity contribution >= 4 is 11.9 Å². The zero-order valence-corrected chi connectivity index (χ0v) is 16.4. The summed E-state index contributed by atoms with van der Waals surface area (Å²) in [5.41, 5.74) is 2.40. The molecule has 1 saturated heterocycles. The highest BCUT2D eigenvalue weighted by atomic mass is 16.5. The molecule has 2 fully saturated rings. The molecule has 2 heterocycles. The van der Waals surface area contributed by atoms with Gasteiger partial charge in [0.1, 0.15) is 5.69 Å². The van der Waals surface area contributed by atoms with E-state index >= 15 is 0 Å². The van der Waals surface area contributed by atoms with Crippen LogP contribution in [0.2, 0.25) is 0 Å². The Kier molecular flexibility index (Phi) is 5.70. The van der Waals surface area contributed by atoms with Gasteiger partial charge in [0.05, 0.1) is 11.7 Å². The van der Waals surface area contributed by atoms with Gasteiger partial charge in [-0.1, -0.05) is 12.8 Å². The molecule has 0 bridgehead atoms. The number of nitrogens with zero attached hydrogens (tertiary/aromatic N) is 2. The van der Waals surface area contributed by atoms with Gasteiger partial charge in [-0.3, -0.25) is 9.69 Å². The molecule has 1 N–H and O–H groups in total. The van der Waals surface area contributed by atoms with Crippen LogP contribution in [0.5, 0.6) is 0 Å². The van der Waals surface area contributed by atoms with Crippen LogP contribution in [0.25, 0.3) is 0 Å². The Balaban J connectivity index is 1.68. The van der Waals surface area contributed by atoms with E-state index < -0.39 is 0 Å². The summed E-state index contributed by atoms with van der Waals surface area (Å²) in [6.45, 7) is 10.7. The quantitative estimate of drug-likeness (QED) is 0.838. The molecular weight excluding hydrogens is 330 g/mol. The molecule has 2 aliphatic rings. The Morgan fingerprint density at radius 2 is 1.69 bits per heavy atom. The van der Waals surface area contributed by atoms with Gasteiger partial charge in [-0.25, -0.2) is 4.79 Å². The summed E-state index contributed by atoms with van der Waals surface area (Å²) < 4.78 is 5.32. The lowest BCUT2D eigenvalue weighted by Crippen LogP contribution is -2.51. The molecule has 1 aliphatic heterocycles. The lowest BCUT2D eigenvalue weighted by Gasteiger charge is -2.38. The lowest BCUT2D eigenvalue weighted by atomic mass is 10.1. The fourth-order valence-electron chi connectivity index (χ4n) is 4.26. The molecular formula is C20H31N3O3. The molecule has 1 aromatic heterocycles. The van der Waals surface area contributed by atoms with E-state index in [4.69, 9.17) is 4.74 Å². The number of aromatic nitrogens is 1. The second-order valence-electron chi connectivity index (χ2n) is 7.85. The monoisotopic (exact) mass is 361 g/mol. The first kappa shape index (κ1) is 19.0. The minimum atomic E-state index is -0.364. The summed E-state index contributed by atoms with van der Waals surface area (Å²) in [6, 6.07) is 0.708. The number of aryl methyl sites for hydroxylation is 1. The van der Waals surface area contributed by atoms with Crippen LogP contribution in [0.3, 0.4) is 0 Å². The number of hydrogen-bond donors (Lipinski definition) is 1. The van der Waals surface area contributed by atoms with E-state index in [1.54, 1.807) is 0 Å². The van der Waals surface area contributed by atoms with E-state index in [1.165, 1.54) is 25.7 Å². The number of amides is 1. The Morgan fingerprint density at radius 1 is 1.08 bits per heavy atom. The molecule has 1 saturated carbocycles. The van der Waals surface area contributed by atoms with Gasteiger partial charge in [0.15, 0.2) is 0 Å².